The normalized spacial score (nSPS) is 16.8. The Balaban J connectivity index is 1.76. The smallest absolute Gasteiger partial charge is 0.333 e. The number of urea groups is 1. The van der Waals surface area contributed by atoms with Gasteiger partial charge < -0.3 is 9.88 Å². The number of fused-ring (bicyclic) bond motifs is 1. The van der Waals surface area contributed by atoms with Crippen molar-refractivity contribution in [3.63, 3.8) is 0 Å². The highest BCUT2D eigenvalue weighted by Crippen LogP contribution is 2.29. The van der Waals surface area contributed by atoms with Gasteiger partial charge in [0.1, 0.15) is 5.70 Å². The van der Waals surface area contributed by atoms with Crippen molar-refractivity contribution in [2.24, 2.45) is 0 Å². The van der Waals surface area contributed by atoms with Crippen LogP contribution in [0.15, 0.2) is 60.4 Å². The minimum Gasteiger partial charge on any atom is -0.344 e. The number of carbonyl (C=O) groups is 2. The molecule has 0 bridgehead atoms. The minimum atomic E-state index is -0.482. The van der Waals surface area contributed by atoms with E-state index in [4.69, 9.17) is 11.6 Å². The summed E-state index contributed by atoms with van der Waals surface area (Å²) in [6, 6.07) is 14.6. The fraction of sp³-hybridized carbons (Fsp3) is 0.182. The van der Waals surface area contributed by atoms with Crippen LogP contribution in [0.5, 0.6) is 0 Å². The molecular weight excluding hydrogens is 374 g/mol. The van der Waals surface area contributed by atoms with E-state index in [0.717, 1.165) is 27.8 Å². The first-order valence-corrected chi connectivity index (χ1v) is 9.59. The molecule has 1 aromatic heterocycles. The Morgan fingerprint density at radius 1 is 1.14 bits per heavy atom. The standard InChI is InChI=1S/C22H20ClN3O2/c1-3-14(2)25-13-15(18-9-4-5-10-20(18)25)11-19-21(27)26(22(28)24-19)17-8-6-7-16(23)12-17/h4-14H,3H2,1-2H3,(H,24,28). The average molecular weight is 394 g/mol. The quantitative estimate of drug-likeness (QED) is 0.479. The Morgan fingerprint density at radius 2 is 1.93 bits per heavy atom. The lowest BCUT2D eigenvalue weighted by molar-refractivity contribution is -0.113. The number of anilines is 1. The average Bonchev–Trinajstić information content (AvgIpc) is 3.19. The molecule has 1 unspecified atom stereocenters. The van der Waals surface area contributed by atoms with Crippen LogP contribution >= 0.6 is 11.6 Å². The molecule has 0 spiro atoms. The van der Waals surface area contributed by atoms with Crippen molar-refractivity contribution in [1.82, 2.24) is 9.88 Å². The van der Waals surface area contributed by atoms with Crippen molar-refractivity contribution in [3.8, 4) is 0 Å². The largest absolute Gasteiger partial charge is 0.344 e. The Morgan fingerprint density at radius 3 is 2.68 bits per heavy atom. The van der Waals surface area contributed by atoms with Crippen LogP contribution in [-0.4, -0.2) is 16.5 Å². The van der Waals surface area contributed by atoms with Crippen LogP contribution in [0.25, 0.3) is 17.0 Å². The summed E-state index contributed by atoms with van der Waals surface area (Å²) in [5.41, 5.74) is 2.69. The molecule has 2 aromatic carbocycles. The first kappa shape index (κ1) is 18.3. The van der Waals surface area contributed by atoms with Crippen LogP contribution in [0, 0.1) is 0 Å². The summed E-state index contributed by atoms with van der Waals surface area (Å²) in [5, 5.41) is 4.19. The SMILES string of the molecule is CCC(C)n1cc(C=C2NC(=O)N(c3cccc(Cl)c3)C2=O)c2ccccc21. The van der Waals surface area contributed by atoms with E-state index < -0.39 is 11.9 Å². The van der Waals surface area contributed by atoms with Gasteiger partial charge in [0.05, 0.1) is 5.69 Å². The van der Waals surface area contributed by atoms with Gasteiger partial charge in [-0.3, -0.25) is 4.79 Å². The summed E-state index contributed by atoms with van der Waals surface area (Å²) >= 11 is 6.01. The molecule has 1 fully saturated rings. The lowest BCUT2D eigenvalue weighted by Crippen LogP contribution is -2.30. The van der Waals surface area contributed by atoms with Gasteiger partial charge in [-0.15, -0.1) is 0 Å². The number of amides is 3. The Kier molecular flexibility index (Phi) is 4.69. The first-order valence-electron chi connectivity index (χ1n) is 9.22. The van der Waals surface area contributed by atoms with Gasteiger partial charge in [0, 0.05) is 33.7 Å². The summed E-state index contributed by atoms with van der Waals surface area (Å²) in [6.07, 6.45) is 4.77. The fourth-order valence-corrected chi connectivity index (χ4v) is 3.63. The number of hydrogen-bond acceptors (Lipinski definition) is 2. The van der Waals surface area contributed by atoms with Gasteiger partial charge in [-0.2, -0.15) is 0 Å². The number of nitrogens with one attached hydrogen (secondary N) is 1. The van der Waals surface area contributed by atoms with Gasteiger partial charge in [-0.25, -0.2) is 9.69 Å². The Hall–Kier alpha value is -3.05. The van der Waals surface area contributed by atoms with Gasteiger partial charge in [-0.05, 0) is 43.7 Å². The molecule has 2 heterocycles. The molecule has 28 heavy (non-hydrogen) atoms. The lowest BCUT2D eigenvalue weighted by Gasteiger charge is -2.12. The molecule has 1 N–H and O–H groups in total. The molecular formula is C22H20ClN3O2. The monoisotopic (exact) mass is 393 g/mol. The summed E-state index contributed by atoms with van der Waals surface area (Å²) in [7, 11) is 0. The van der Waals surface area contributed by atoms with Crippen LogP contribution < -0.4 is 10.2 Å². The number of rotatable bonds is 4. The number of halogens is 1. The predicted octanol–water partition coefficient (Wildman–Crippen LogP) is 5.36. The molecule has 1 aliphatic rings. The number of imide groups is 1. The van der Waals surface area contributed by atoms with E-state index in [1.165, 1.54) is 0 Å². The maximum absolute atomic E-state index is 12.9. The third kappa shape index (κ3) is 3.08. The van der Waals surface area contributed by atoms with Crippen molar-refractivity contribution in [1.29, 1.82) is 0 Å². The summed E-state index contributed by atoms with van der Waals surface area (Å²) in [5.74, 6) is -0.396. The molecule has 4 rings (SSSR count). The van der Waals surface area contributed by atoms with Crippen molar-refractivity contribution in [3.05, 3.63) is 71.0 Å². The van der Waals surface area contributed by atoms with Crippen LogP contribution in [-0.2, 0) is 4.79 Å². The topological polar surface area (TPSA) is 54.3 Å². The predicted molar refractivity (Wildman–Crippen MR) is 112 cm³/mol. The van der Waals surface area contributed by atoms with Gasteiger partial charge >= 0.3 is 6.03 Å². The maximum Gasteiger partial charge on any atom is 0.333 e. The number of nitrogens with zero attached hydrogens (tertiary/aromatic N) is 2. The molecule has 5 nitrogen and oxygen atoms in total. The lowest BCUT2D eigenvalue weighted by atomic mass is 10.1. The first-order chi connectivity index (χ1) is 13.5. The molecule has 1 aliphatic heterocycles. The van der Waals surface area contributed by atoms with E-state index in [1.54, 1.807) is 30.3 Å². The van der Waals surface area contributed by atoms with Crippen molar-refractivity contribution in [2.75, 3.05) is 4.90 Å². The minimum absolute atomic E-state index is 0.247. The second-order valence-corrected chi connectivity index (χ2v) is 7.31. The van der Waals surface area contributed by atoms with Crippen molar-refractivity contribution in [2.45, 2.75) is 26.3 Å². The number of aromatic nitrogens is 1. The summed E-state index contributed by atoms with van der Waals surface area (Å²) in [4.78, 5) is 26.4. The maximum atomic E-state index is 12.9. The highest BCUT2D eigenvalue weighted by atomic mass is 35.5. The van der Waals surface area contributed by atoms with E-state index in [9.17, 15) is 9.59 Å². The molecule has 0 aliphatic carbocycles. The summed E-state index contributed by atoms with van der Waals surface area (Å²) in [6.45, 7) is 4.30. The highest BCUT2D eigenvalue weighted by Gasteiger charge is 2.35. The third-order valence-electron chi connectivity index (χ3n) is 5.08. The van der Waals surface area contributed by atoms with Crippen LogP contribution in [0.1, 0.15) is 31.9 Å². The van der Waals surface area contributed by atoms with Gasteiger partial charge in [0.25, 0.3) is 5.91 Å². The summed E-state index contributed by atoms with van der Waals surface area (Å²) < 4.78 is 2.21. The number of benzene rings is 2. The van der Waals surface area contributed by atoms with Crippen LogP contribution in [0.2, 0.25) is 5.02 Å². The van der Waals surface area contributed by atoms with E-state index in [2.05, 4.69) is 29.8 Å². The zero-order valence-corrected chi connectivity index (χ0v) is 16.4. The van der Waals surface area contributed by atoms with Crippen molar-refractivity contribution >= 4 is 46.2 Å². The van der Waals surface area contributed by atoms with E-state index in [0.29, 0.717) is 16.8 Å². The second-order valence-electron chi connectivity index (χ2n) is 6.87. The molecule has 0 saturated carbocycles. The number of para-hydroxylation sites is 1. The van der Waals surface area contributed by atoms with Crippen LogP contribution in [0.3, 0.4) is 0 Å². The number of carbonyl (C=O) groups excluding carboxylic acids is 2. The Bertz CT molecular complexity index is 1120. The van der Waals surface area contributed by atoms with Crippen LogP contribution in [0.4, 0.5) is 10.5 Å². The molecule has 0 radical (unpaired) electrons. The van der Waals surface area contributed by atoms with E-state index in [-0.39, 0.29) is 5.70 Å². The molecule has 3 aromatic rings. The van der Waals surface area contributed by atoms with Crippen molar-refractivity contribution < 1.29 is 9.59 Å². The molecule has 6 heteroatoms. The zero-order chi connectivity index (χ0) is 19.8. The fourth-order valence-electron chi connectivity index (χ4n) is 3.45. The molecule has 142 valence electrons. The van der Waals surface area contributed by atoms with Gasteiger partial charge in [0.2, 0.25) is 0 Å². The van der Waals surface area contributed by atoms with E-state index in [1.807, 2.05) is 24.4 Å². The van der Waals surface area contributed by atoms with Gasteiger partial charge in [0.15, 0.2) is 0 Å². The molecule has 1 saturated heterocycles. The molecule has 1 atom stereocenters. The van der Waals surface area contributed by atoms with Gasteiger partial charge in [-0.1, -0.05) is 42.8 Å². The zero-order valence-electron chi connectivity index (χ0n) is 15.6. The second kappa shape index (κ2) is 7.17. The Labute approximate surface area is 168 Å². The number of hydrogen-bond donors (Lipinski definition) is 1. The third-order valence-corrected chi connectivity index (χ3v) is 5.32. The highest BCUT2D eigenvalue weighted by molar-refractivity contribution is 6.32. The molecule has 3 amide bonds. The van der Waals surface area contributed by atoms with E-state index >= 15 is 0 Å².